The molecule has 5 rings (SSSR count). The first kappa shape index (κ1) is 20.9. The van der Waals surface area contributed by atoms with Crippen LogP contribution in [-0.4, -0.2) is 26.2 Å². The van der Waals surface area contributed by atoms with E-state index in [0.717, 1.165) is 46.4 Å². The molecular formula is C26H25N5O2. The summed E-state index contributed by atoms with van der Waals surface area (Å²) in [5, 5.41) is 6.08. The lowest BCUT2D eigenvalue weighted by Gasteiger charge is -2.14. The molecule has 1 aliphatic carbocycles. The van der Waals surface area contributed by atoms with Gasteiger partial charge >= 0.3 is 0 Å². The van der Waals surface area contributed by atoms with E-state index >= 15 is 0 Å². The van der Waals surface area contributed by atoms with E-state index in [1.807, 2.05) is 66.9 Å². The molecule has 0 aliphatic heterocycles. The Labute approximate surface area is 191 Å². The minimum atomic E-state index is -0.154. The van der Waals surface area contributed by atoms with Crippen LogP contribution in [0.3, 0.4) is 0 Å². The maximum absolute atomic E-state index is 13.0. The van der Waals surface area contributed by atoms with E-state index in [1.165, 1.54) is 0 Å². The van der Waals surface area contributed by atoms with Gasteiger partial charge in [-0.25, -0.2) is 4.98 Å². The molecule has 3 aromatic heterocycles. The number of hydrogen-bond donors (Lipinski definition) is 2. The van der Waals surface area contributed by atoms with E-state index in [9.17, 15) is 9.59 Å². The number of nitrogens with one attached hydrogen (secondary N) is 2. The summed E-state index contributed by atoms with van der Waals surface area (Å²) in [4.78, 5) is 34.2. The van der Waals surface area contributed by atoms with Crippen LogP contribution in [0.1, 0.15) is 61.3 Å². The summed E-state index contributed by atoms with van der Waals surface area (Å²) in [6.45, 7) is 4.37. The summed E-state index contributed by atoms with van der Waals surface area (Å²) in [6, 6.07) is 13.4. The van der Waals surface area contributed by atoms with Crippen molar-refractivity contribution < 1.29 is 9.59 Å². The van der Waals surface area contributed by atoms with Gasteiger partial charge in [0.05, 0.1) is 24.5 Å². The number of nitrogens with zero attached hydrogens (tertiary/aromatic N) is 3. The van der Waals surface area contributed by atoms with Crippen LogP contribution in [0.25, 0.3) is 5.65 Å². The third kappa shape index (κ3) is 4.22. The SMILES string of the molecule is Cc1ccnc(CNC(=O)c2ccc3c(c2)CC[C@H]3NC(=O)c2cnc3ccc(C)cn23)c1. The van der Waals surface area contributed by atoms with Crippen molar-refractivity contribution in [2.24, 2.45) is 0 Å². The van der Waals surface area contributed by atoms with Gasteiger partial charge in [0.15, 0.2) is 0 Å². The number of carbonyl (C=O) groups is 2. The highest BCUT2D eigenvalue weighted by molar-refractivity contribution is 5.95. The average Bonchev–Trinajstić information content (AvgIpc) is 3.41. The Balaban J connectivity index is 1.27. The summed E-state index contributed by atoms with van der Waals surface area (Å²) in [7, 11) is 0. The number of amides is 2. The molecule has 3 heterocycles. The molecule has 33 heavy (non-hydrogen) atoms. The first-order valence-corrected chi connectivity index (χ1v) is 11.0. The number of rotatable bonds is 5. The fourth-order valence-electron chi connectivity index (χ4n) is 4.36. The molecule has 0 radical (unpaired) electrons. The van der Waals surface area contributed by atoms with Crippen molar-refractivity contribution >= 4 is 17.5 Å². The first-order valence-electron chi connectivity index (χ1n) is 11.0. The van der Waals surface area contributed by atoms with Crippen LogP contribution in [0, 0.1) is 13.8 Å². The van der Waals surface area contributed by atoms with Crippen LogP contribution >= 0.6 is 0 Å². The van der Waals surface area contributed by atoms with Gasteiger partial charge in [0.2, 0.25) is 0 Å². The lowest BCUT2D eigenvalue weighted by molar-refractivity contribution is 0.0927. The van der Waals surface area contributed by atoms with Gasteiger partial charge in [-0.2, -0.15) is 0 Å². The van der Waals surface area contributed by atoms with Crippen molar-refractivity contribution in [2.45, 2.75) is 39.3 Å². The second-order valence-electron chi connectivity index (χ2n) is 8.56. The summed E-state index contributed by atoms with van der Waals surface area (Å²) in [6.07, 6.45) is 6.88. The smallest absolute Gasteiger partial charge is 0.270 e. The number of aryl methyl sites for hydroxylation is 3. The zero-order valence-electron chi connectivity index (χ0n) is 18.6. The molecule has 0 fully saturated rings. The summed E-state index contributed by atoms with van der Waals surface area (Å²) in [5.41, 5.74) is 7.03. The molecule has 2 amide bonds. The predicted octanol–water partition coefficient (Wildman–Crippen LogP) is 3.69. The minimum Gasteiger partial charge on any atom is -0.346 e. The van der Waals surface area contributed by atoms with Gasteiger partial charge in [0.1, 0.15) is 11.3 Å². The molecule has 0 spiro atoms. The van der Waals surface area contributed by atoms with Gasteiger partial charge in [-0.05, 0) is 79.3 Å². The number of pyridine rings is 2. The van der Waals surface area contributed by atoms with Gasteiger partial charge in [0, 0.05) is 18.0 Å². The van der Waals surface area contributed by atoms with Crippen molar-refractivity contribution in [2.75, 3.05) is 0 Å². The molecular weight excluding hydrogens is 414 g/mol. The Hall–Kier alpha value is -4.00. The average molecular weight is 440 g/mol. The van der Waals surface area contributed by atoms with Gasteiger partial charge in [0.25, 0.3) is 11.8 Å². The number of imidazole rings is 1. The van der Waals surface area contributed by atoms with Crippen molar-refractivity contribution in [3.8, 4) is 0 Å². The summed E-state index contributed by atoms with van der Waals surface area (Å²) < 4.78 is 1.82. The molecule has 4 aromatic rings. The Bertz CT molecular complexity index is 1370. The van der Waals surface area contributed by atoms with Crippen molar-refractivity contribution in [3.05, 3.63) is 100 Å². The third-order valence-corrected chi connectivity index (χ3v) is 6.08. The summed E-state index contributed by atoms with van der Waals surface area (Å²) >= 11 is 0. The highest BCUT2D eigenvalue weighted by atomic mass is 16.2. The number of fused-ring (bicyclic) bond motifs is 2. The highest BCUT2D eigenvalue weighted by Crippen LogP contribution is 2.32. The van der Waals surface area contributed by atoms with Crippen LogP contribution in [0.2, 0.25) is 0 Å². The fourth-order valence-corrected chi connectivity index (χ4v) is 4.36. The van der Waals surface area contributed by atoms with Crippen molar-refractivity contribution in [1.29, 1.82) is 0 Å². The normalized spacial score (nSPS) is 14.8. The van der Waals surface area contributed by atoms with Crippen molar-refractivity contribution in [1.82, 2.24) is 25.0 Å². The molecule has 1 aromatic carbocycles. The molecule has 0 saturated carbocycles. The van der Waals surface area contributed by atoms with Crippen LogP contribution in [0.5, 0.6) is 0 Å². The number of benzene rings is 1. The van der Waals surface area contributed by atoms with Gasteiger partial charge in [-0.1, -0.05) is 12.1 Å². The molecule has 7 heteroatoms. The lowest BCUT2D eigenvalue weighted by Crippen LogP contribution is -2.28. The Morgan fingerprint density at radius 3 is 2.76 bits per heavy atom. The summed E-state index contributed by atoms with van der Waals surface area (Å²) in [5.74, 6) is -0.284. The van der Waals surface area contributed by atoms with E-state index in [-0.39, 0.29) is 17.9 Å². The maximum atomic E-state index is 13.0. The van der Waals surface area contributed by atoms with E-state index in [0.29, 0.717) is 17.8 Å². The molecule has 1 atom stereocenters. The number of carbonyl (C=O) groups excluding carboxylic acids is 2. The largest absolute Gasteiger partial charge is 0.346 e. The third-order valence-electron chi connectivity index (χ3n) is 6.08. The Morgan fingerprint density at radius 2 is 1.91 bits per heavy atom. The second-order valence-corrected chi connectivity index (χ2v) is 8.56. The molecule has 166 valence electrons. The minimum absolute atomic E-state index is 0.0866. The number of aromatic nitrogens is 3. The maximum Gasteiger partial charge on any atom is 0.270 e. The zero-order valence-corrected chi connectivity index (χ0v) is 18.6. The van der Waals surface area contributed by atoms with E-state index in [2.05, 4.69) is 20.6 Å². The highest BCUT2D eigenvalue weighted by Gasteiger charge is 2.26. The first-order chi connectivity index (χ1) is 16.0. The van der Waals surface area contributed by atoms with Crippen LogP contribution < -0.4 is 10.6 Å². The molecule has 2 N–H and O–H groups in total. The Kier molecular flexibility index (Phi) is 5.38. The second kappa shape index (κ2) is 8.50. The van der Waals surface area contributed by atoms with Gasteiger partial charge in [-0.15, -0.1) is 0 Å². The molecule has 0 saturated heterocycles. The predicted molar refractivity (Wildman–Crippen MR) is 125 cm³/mol. The van der Waals surface area contributed by atoms with Gasteiger partial charge in [-0.3, -0.25) is 19.0 Å². The fraction of sp³-hybridized carbons (Fsp3) is 0.231. The topological polar surface area (TPSA) is 88.4 Å². The lowest BCUT2D eigenvalue weighted by atomic mass is 10.0. The zero-order chi connectivity index (χ0) is 22.9. The van der Waals surface area contributed by atoms with E-state index in [4.69, 9.17) is 0 Å². The van der Waals surface area contributed by atoms with Crippen LogP contribution in [0.15, 0.2) is 61.1 Å². The van der Waals surface area contributed by atoms with Gasteiger partial charge < -0.3 is 10.6 Å². The van der Waals surface area contributed by atoms with E-state index < -0.39 is 0 Å². The number of hydrogen-bond acceptors (Lipinski definition) is 4. The van der Waals surface area contributed by atoms with Crippen molar-refractivity contribution in [3.63, 3.8) is 0 Å². The molecule has 7 nitrogen and oxygen atoms in total. The molecule has 1 aliphatic rings. The molecule has 0 unspecified atom stereocenters. The standard InChI is InChI=1S/C26H25N5O2/c1-16-9-10-27-20(11-16)13-29-25(32)19-4-6-21-18(12-19)5-7-22(21)30-26(33)23-14-28-24-8-3-17(2)15-31(23)24/h3-4,6,8-12,14-15,22H,5,7,13H2,1-2H3,(H,29,32)(H,30,33)/t22-/m1/s1. The van der Waals surface area contributed by atoms with E-state index in [1.54, 1.807) is 12.4 Å². The van der Waals surface area contributed by atoms with Crippen LogP contribution in [0.4, 0.5) is 0 Å². The monoisotopic (exact) mass is 439 g/mol. The Morgan fingerprint density at radius 1 is 1.03 bits per heavy atom. The molecule has 0 bridgehead atoms. The van der Waals surface area contributed by atoms with Crippen LogP contribution in [-0.2, 0) is 13.0 Å². The quantitative estimate of drug-likeness (QED) is 0.496.